The molecule has 0 aromatic carbocycles. The van der Waals surface area contributed by atoms with Gasteiger partial charge in [-0.2, -0.15) is 0 Å². The maximum atomic E-state index is 6.07. The van der Waals surface area contributed by atoms with Crippen molar-refractivity contribution in [1.29, 1.82) is 0 Å². The first-order chi connectivity index (χ1) is 9.24. The van der Waals surface area contributed by atoms with Crippen LogP contribution in [0.15, 0.2) is 22.9 Å². The highest BCUT2D eigenvalue weighted by Crippen LogP contribution is 2.21. The topological polar surface area (TPSA) is 32.6 Å². The van der Waals surface area contributed by atoms with Gasteiger partial charge in [-0.15, -0.1) is 0 Å². The Morgan fingerprint density at radius 2 is 2.11 bits per heavy atom. The Morgan fingerprint density at radius 3 is 2.89 bits per heavy atom. The van der Waals surface area contributed by atoms with Gasteiger partial charge in [0.1, 0.15) is 10.4 Å². The summed E-state index contributed by atoms with van der Waals surface area (Å²) >= 11 is 9.58. The van der Waals surface area contributed by atoms with E-state index in [9.17, 15) is 0 Å². The van der Waals surface area contributed by atoms with Crippen molar-refractivity contribution in [3.8, 4) is 0 Å². The molecule has 1 aliphatic rings. The monoisotopic (exact) mass is 342 g/mol. The second-order valence-electron chi connectivity index (χ2n) is 4.76. The zero-order chi connectivity index (χ0) is 13.2. The van der Waals surface area contributed by atoms with Crippen LogP contribution >= 0.6 is 27.5 Å². The minimum absolute atomic E-state index is 0.737. The van der Waals surface area contributed by atoms with Crippen LogP contribution in [-0.2, 0) is 6.42 Å². The highest BCUT2D eigenvalue weighted by Gasteiger charge is 2.13. The molecule has 6 heteroatoms. The van der Waals surface area contributed by atoms with Crippen molar-refractivity contribution in [2.75, 3.05) is 32.7 Å². The van der Waals surface area contributed by atoms with Crippen molar-refractivity contribution in [3.63, 3.8) is 0 Å². The number of hydrogen-bond donors (Lipinski definition) is 1. The molecule has 3 heterocycles. The van der Waals surface area contributed by atoms with E-state index in [1.54, 1.807) is 0 Å². The van der Waals surface area contributed by atoms with Crippen LogP contribution in [0.25, 0.3) is 5.52 Å². The van der Waals surface area contributed by atoms with Gasteiger partial charge in [-0.05, 0) is 28.1 Å². The molecule has 0 unspecified atom stereocenters. The molecule has 1 saturated heterocycles. The minimum Gasteiger partial charge on any atom is -0.314 e. The average Bonchev–Trinajstić information content (AvgIpc) is 2.74. The van der Waals surface area contributed by atoms with Gasteiger partial charge < -0.3 is 14.6 Å². The number of imidazole rings is 1. The standard InChI is InChI=1S/C13H16BrClN4/c14-13-11-2-1-10(15)9-19(11)12(17-13)3-6-18-7-4-16-5-8-18/h1-2,9,16H,3-8H2. The predicted molar refractivity (Wildman–Crippen MR) is 80.9 cm³/mol. The van der Waals surface area contributed by atoms with E-state index in [4.69, 9.17) is 11.6 Å². The second-order valence-corrected chi connectivity index (χ2v) is 5.95. The molecule has 4 nitrogen and oxygen atoms in total. The number of nitrogens with zero attached hydrogens (tertiary/aromatic N) is 3. The van der Waals surface area contributed by atoms with Gasteiger partial charge in [-0.3, -0.25) is 0 Å². The molecule has 0 amide bonds. The zero-order valence-electron chi connectivity index (χ0n) is 10.6. The van der Waals surface area contributed by atoms with E-state index < -0.39 is 0 Å². The number of aromatic nitrogens is 2. The molecule has 19 heavy (non-hydrogen) atoms. The minimum atomic E-state index is 0.737. The van der Waals surface area contributed by atoms with Crippen molar-refractivity contribution >= 4 is 33.0 Å². The smallest absolute Gasteiger partial charge is 0.132 e. The van der Waals surface area contributed by atoms with Crippen LogP contribution in [0.5, 0.6) is 0 Å². The van der Waals surface area contributed by atoms with E-state index in [2.05, 4.69) is 35.5 Å². The van der Waals surface area contributed by atoms with Crippen LogP contribution in [0, 0.1) is 0 Å². The highest BCUT2D eigenvalue weighted by molar-refractivity contribution is 9.10. The van der Waals surface area contributed by atoms with Crippen LogP contribution in [0.2, 0.25) is 5.02 Å². The Bertz CT molecular complexity index is 577. The summed E-state index contributed by atoms with van der Waals surface area (Å²) in [5, 5.41) is 4.10. The molecule has 102 valence electrons. The first kappa shape index (κ1) is 13.4. The number of fused-ring (bicyclic) bond motifs is 1. The van der Waals surface area contributed by atoms with Crippen molar-refractivity contribution in [3.05, 3.63) is 33.8 Å². The summed E-state index contributed by atoms with van der Waals surface area (Å²) in [7, 11) is 0. The molecule has 1 N–H and O–H groups in total. The summed E-state index contributed by atoms with van der Waals surface area (Å²) in [6.07, 6.45) is 2.87. The fourth-order valence-electron chi connectivity index (χ4n) is 2.45. The third-order valence-electron chi connectivity index (χ3n) is 3.49. The average molecular weight is 344 g/mol. The third kappa shape index (κ3) is 2.94. The first-order valence-corrected chi connectivity index (χ1v) is 7.66. The van der Waals surface area contributed by atoms with Gasteiger partial charge >= 0.3 is 0 Å². The van der Waals surface area contributed by atoms with Crippen LogP contribution in [0.1, 0.15) is 5.82 Å². The molecule has 0 radical (unpaired) electrons. The molecule has 3 rings (SSSR count). The fourth-order valence-corrected chi connectivity index (χ4v) is 3.14. The van der Waals surface area contributed by atoms with Crippen LogP contribution < -0.4 is 5.32 Å². The third-order valence-corrected chi connectivity index (χ3v) is 4.30. The lowest BCUT2D eigenvalue weighted by Gasteiger charge is -2.26. The molecule has 0 atom stereocenters. The molecular weight excluding hydrogens is 328 g/mol. The summed E-state index contributed by atoms with van der Waals surface area (Å²) in [6.45, 7) is 5.44. The van der Waals surface area contributed by atoms with E-state index >= 15 is 0 Å². The van der Waals surface area contributed by atoms with E-state index in [0.717, 1.165) is 60.1 Å². The summed E-state index contributed by atoms with van der Waals surface area (Å²) in [6, 6.07) is 3.89. The van der Waals surface area contributed by atoms with Gasteiger partial charge in [0.05, 0.1) is 10.5 Å². The molecule has 1 aliphatic heterocycles. The molecule has 0 saturated carbocycles. The van der Waals surface area contributed by atoms with E-state index in [1.165, 1.54) is 0 Å². The zero-order valence-corrected chi connectivity index (χ0v) is 12.9. The van der Waals surface area contributed by atoms with Gasteiger partial charge in [0.15, 0.2) is 0 Å². The highest BCUT2D eigenvalue weighted by atomic mass is 79.9. The number of piperazine rings is 1. The molecule has 2 aromatic heterocycles. The molecule has 0 aliphatic carbocycles. The van der Waals surface area contributed by atoms with Crippen molar-refractivity contribution in [2.45, 2.75) is 6.42 Å². The van der Waals surface area contributed by atoms with Gasteiger partial charge in [0.25, 0.3) is 0 Å². The van der Waals surface area contributed by atoms with Gasteiger partial charge in [0.2, 0.25) is 0 Å². The van der Waals surface area contributed by atoms with E-state index in [-0.39, 0.29) is 0 Å². The number of nitrogens with one attached hydrogen (secondary N) is 1. The Kier molecular flexibility index (Phi) is 4.07. The Hall–Kier alpha value is -0.620. The summed E-state index contributed by atoms with van der Waals surface area (Å²) in [5.41, 5.74) is 1.07. The van der Waals surface area contributed by atoms with Gasteiger partial charge in [-0.25, -0.2) is 4.98 Å². The van der Waals surface area contributed by atoms with E-state index in [1.807, 2.05) is 18.3 Å². The lowest BCUT2D eigenvalue weighted by Crippen LogP contribution is -2.44. The lowest BCUT2D eigenvalue weighted by atomic mass is 10.3. The molecule has 2 aromatic rings. The van der Waals surface area contributed by atoms with Gasteiger partial charge in [-0.1, -0.05) is 11.6 Å². The van der Waals surface area contributed by atoms with Gasteiger partial charge in [0, 0.05) is 45.3 Å². The molecule has 0 spiro atoms. The molecule has 0 bridgehead atoms. The SMILES string of the molecule is Clc1ccc2c(Br)nc(CCN3CCNCC3)n2c1. The molecule has 1 fully saturated rings. The summed E-state index contributed by atoms with van der Waals surface area (Å²) < 4.78 is 2.97. The normalized spacial score (nSPS) is 17.2. The first-order valence-electron chi connectivity index (χ1n) is 6.49. The van der Waals surface area contributed by atoms with Crippen molar-refractivity contribution in [1.82, 2.24) is 19.6 Å². The lowest BCUT2D eigenvalue weighted by molar-refractivity contribution is 0.242. The largest absolute Gasteiger partial charge is 0.314 e. The summed E-state index contributed by atoms with van der Waals surface area (Å²) in [4.78, 5) is 7.06. The predicted octanol–water partition coefficient (Wildman–Crippen LogP) is 2.20. The quantitative estimate of drug-likeness (QED) is 0.927. The maximum absolute atomic E-state index is 6.07. The Labute approximate surface area is 125 Å². The van der Waals surface area contributed by atoms with Crippen LogP contribution in [0.4, 0.5) is 0 Å². The van der Waals surface area contributed by atoms with E-state index in [0.29, 0.717) is 0 Å². The fraction of sp³-hybridized carbons (Fsp3) is 0.462. The summed E-state index contributed by atoms with van der Waals surface area (Å²) in [5.74, 6) is 1.06. The number of halogens is 2. The van der Waals surface area contributed by atoms with Crippen molar-refractivity contribution in [2.24, 2.45) is 0 Å². The van der Waals surface area contributed by atoms with Crippen LogP contribution in [-0.4, -0.2) is 47.0 Å². The number of rotatable bonds is 3. The Morgan fingerprint density at radius 1 is 1.32 bits per heavy atom. The second kappa shape index (κ2) is 5.79. The Balaban J connectivity index is 1.78. The van der Waals surface area contributed by atoms with Crippen molar-refractivity contribution < 1.29 is 0 Å². The van der Waals surface area contributed by atoms with Crippen LogP contribution in [0.3, 0.4) is 0 Å². The maximum Gasteiger partial charge on any atom is 0.132 e. The number of pyridine rings is 1. The molecular formula is C13H16BrClN4. The number of hydrogen-bond acceptors (Lipinski definition) is 3.